The van der Waals surface area contributed by atoms with E-state index in [-0.39, 0.29) is 34.6 Å². The second-order valence-electron chi connectivity index (χ2n) is 10.4. The molecule has 1 heterocycles. The van der Waals surface area contributed by atoms with Crippen molar-refractivity contribution in [2.24, 2.45) is 5.92 Å². The van der Waals surface area contributed by atoms with Crippen molar-refractivity contribution in [3.05, 3.63) is 58.3 Å². The third kappa shape index (κ3) is 5.66. The number of methoxy groups -OCH3 is 1. The molecule has 9 N–H and O–H groups in total. The van der Waals surface area contributed by atoms with Crippen LogP contribution in [0.5, 0.6) is 46.0 Å². The predicted octanol–water partition coefficient (Wildman–Crippen LogP) is 1.41. The Bertz CT molecular complexity index is 1810. The third-order valence-electron chi connectivity index (χ3n) is 7.46. The first-order chi connectivity index (χ1) is 21.3. The monoisotopic (exact) mass is 628 g/mol. The van der Waals surface area contributed by atoms with Gasteiger partial charge in [-0.25, -0.2) is 4.79 Å². The van der Waals surface area contributed by atoms with E-state index in [1.54, 1.807) is 0 Å². The fraction of sp³-hybridized carbons (Fsp3) is 0.267. The highest BCUT2D eigenvalue weighted by Crippen LogP contribution is 2.41. The summed E-state index contributed by atoms with van der Waals surface area (Å²) in [6, 6.07) is 7.13. The number of aliphatic hydroxyl groups excluding tert-OH is 3. The summed E-state index contributed by atoms with van der Waals surface area (Å²) in [5.41, 5.74) is -1.69. The van der Waals surface area contributed by atoms with Crippen LogP contribution in [-0.4, -0.2) is 90.1 Å². The highest BCUT2D eigenvalue weighted by atomic mass is 16.6. The van der Waals surface area contributed by atoms with Gasteiger partial charge in [0.25, 0.3) is 0 Å². The average molecular weight is 629 g/mol. The smallest absolute Gasteiger partial charge is 0.338 e. The highest BCUT2D eigenvalue weighted by Gasteiger charge is 2.47. The minimum absolute atomic E-state index is 0.0186. The number of phenols is 6. The van der Waals surface area contributed by atoms with Crippen LogP contribution in [0.2, 0.25) is 0 Å². The van der Waals surface area contributed by atoms with Crippen LogP contribution < -0.4 is 14.9 Å². The van der Waals surface area contributed by atoms with Gasteiger partial charge < -0.3 is 64.6 Å². The number of hydrogen-bond donors (Lipinski definition) is 9. The van der Waals surface area contributed by atoms with Crippen molar-refractivity contribution in [3.63, 3.8) is 0 Å². The molecule has 1 saturated carbocycles. The van der Waals surface area contributed by atoms with Crippen LogP contribution in [0.1, 0.15) is 16.8 Å². The highest BCUT2D eigenvalue weighted by molar-refractivity contribution is 5.91. The molecule has 5 atom stereocenters. The van der Waals surface area contributed by atoms with Gasteiger partial charge in [0.05, 0.1) is 18.8 Å². The number of fused-ring (bicyclic) bond motifs is 1. The van der Waals surface area contributed by atoms with Crippen molar-refractivity contribution >= 4 is 16.9 Å². The minimum atomic E-state index is -1.88. The first-order valence-electron chi connectivity index (χ1n) is 13.3. The number of aromatic hydroxyl groups is 6. The predicted molar refractivity (Wildman–Crippen MR) is 152 cm³/mol. The zero-order chi connectivity index (χ0) is 32.7. The van der Waals surface area contributed by atoms with Crippen LogP contribution in [0.25, 0.3) is 22.3 Å². The number of aliphatic hydroxyl groups is 3. The molecule has 0 bridgehead atoms. The molecule has 5 rings (SSSR count). The van der Waals surface area contributed by atoms with E-state index < -0.39 is 94.0 Å². The summed E-state index contributed by atoms with van der Waals surface area (Å²) in [5.74, 6) is -7.00. The molecule has 238 valence electrons. The van der Waals surface area contributed by atoms with Gasteiger partial charge in [-0.1, -0.05) is 0 Å². The second-order valence-corrected chi connectivity index (χ2v) is 10.4. The van der Waals surface area contributed by atoms with Crippen molar-refractivity contribution in [2.45, 2.75) is 30.8 Å². The minimum Gasteiger partial charge on any atom is -0.508 e. The fourth-order valence-electron chi connectivity index (χ4n) is 5.21. The van der Waals surface area contributed by atoms with Gasteiger partial charge in [-0.15, -0.1) is 0 Å². The molecule has 1 aliphatic rings. The summed E-state index contributed by atoms with van der Waals surface area (Å²) < 4.78 is 22.1. The van der Waals surface area contributed by atoms with E-state index in [4.69, 9.17) is 18.6 Å². The van der Waals surface area contributed by atoms with Crippen molar-refractivity contribution in [1.29, 1.82) is 0 Å². The second kappa shape index (κ2) is 12.0. The van der Waals surface area contributed by atoms with E-state index in [2.05, 4.69) is 0 Å². The molecular formula is C30H28O15. The summed E-state index contributed by atoms with van der Waals surface area (Å²) in [6.45, 7) is -0.649. The van der Waals surface area contributed by atoms with Gasteiger partial charge in [-0.05, 0) is 36.8 Å². The maximum atomic E-state index is 13.8. The Morgan fingerprint density at radius 1 is 0.867 bits per heavy atom. The molecule has 15 heteroatoms. The number of rotatable bonds is 7. The van der Waals surface area contributed by atoms with Crippen molar-refractivity contribution in [2.75, 3.05) is 13.7 Å². The van der Waals surface area contributed by atoms with Crippen LogP contribution in [0.15, 0.2) is 51.7 Å². The van der Waals surface area contributed by atoms with Crippen LogP contribution in [-0.2, 0) is 4.74 Å². The molecule has 0 aliphatic heterocycles. The van der Waals surface area contributed by atoms with Gasteiger partial charge in [0.15, 0.2) is 34.9 Å². The average Bonchev–Trinajstić information content (AvgIpc) is 2.98. The van der Waals surface area contributed by atoms with E-state index in [0.717, 1.165) is 36.4 Å². The van der Waals surface area contributed by atoms with Crippen LogP contribution in [0.3, 0.4) is 0 Å². The number of carbonyl (C=O) groups is 1. The zero-order valence-electron chi connectivity index (χ0n) is 23.3. The Hall–Kier alpha value is -5.38. The Balaban J connectivity index is 1.62. The van der Waals surface area contributed by atoms with Gasteiger partial charge in [0, 0.05) is 30.2 Å². The maximum Gasteiger partial charge on any atom is 0.338 e. The quantitative estimate of drug-likeness (QED) is 0.104. The van der Waals surface area contributed by atoms with Crippen molar-refractivity contribution < 1.29 is 69.4 Å². The summed E-state index contributed by atoms with van der Waals surface area (Å²) in [4.78, 5) is 26.9. The largest absolute Gasteiger partial charge is 0.508 e. The normalized spacial score (nSPS) is 21.4. The maximum absolute atomic E-state index is 13.8. The van der Waals surface area contributed by atoms with Crippen LogP contribution in [0.4, 0.5) is 0 Å². The number of carbonyl (C=O) groups excluding carboxylic acids is 1. The first-order valence-corrected chi connectivity index (χ1v) is 13.3. The molecule has 4 aromatic rings. The van der Waals surface area contributed by atoms with Gasteiger partial charge >= 0.3 is 5.97 Å². The van der Waals surface area contributed by atoms with E-state index in [9.17, 15) is 55.5 Å². The molecule has 1 fully saturated rings. The molecule has 0 saturated heterocycles. The molecule has 15 nitrogen and oxygen atoms in total. The van der Waals surface area contributed by atoms with Crippen molar-refractivity contribution in [3.8, 4) is 57.3 Å². The fourth-order valence-corrected chi connectivity index (χ4v) is 5.21. The molecule has 45 heavy (non-hydrogen) atoms. The van der Waals surface area contributed by atoms with Gasteiger partial charge in [-0.3, -0.25) is 4.79 Å². The van der Waals surface area contributed by atoms with E-state index >= 15 is 0 Å². The molecule has 1 aromatic heterocycles. The Kier molecular flexibility index (Phi) is 8.25. The number of ether oxygens (including phenoxy) is 3. The molecule has 0 unspecified atom stereocenters. The lowest BCUT2D eigenvalue weighted by molar-refractivity contribution is -0.159. The SMILES string of the molecule is COc1c(O)cc(C(=O)O[C@H]2[C@H](O)[C@H](O)[C@@H](CO)C[C@H]2Oc2c(-c3ccc(O)c(O)c3)oc3cc(O)cc(O)c3c2=O)cc1O. The summed E-state index contributed by atoms with van der Waals surface area (Å²) in [5, 5.41) is 91.7. The summed E-state index contributed by atoms with van der Waals surface area (Å²) >= 11 is 0. The van der Waals surface area contributed by atoms with Crippen LogP contribution in [0, 0.1) is 5.92 Å². The van der Waals surface area contributed by atoms with E-state index in [0.29, 0.717) is 0 Å². The van der Waals surface area contributed by atoms with Gasteiger partial charge in [0.1, 0.15) is 34.7 Å². The lowest BCUT2D eigenvalue weighted by atomic mass is 9.81. The first kappa shape index (κ1) is 31.1. The summed E-state index contributed by atoms with van der Waals surface area (Å²) in [7, 11) is 1.17. The molecular weight excluding hydrogens is 600 g/mol. The Morgan fingerprint density at radius 3 is 2.18 bits per heavy atom. The van der Waals surface area contributed by atoms with Crippen molar-refractivity contribution in [1.82, 2.24) is 0 Å². The molecule has 0 radical (unpaired) electrons. The number of hydrogen-bond acceptors (Lipinski definition) is 15. The Labute approximate surface area is 252 Å². The number of phenolic OH excluding ortho intramolecular Hbond substituents is 6. The number of benzene rings is 3. The molecule has 3 aromatic carbocycles. The van der Waals surface area contributed by atoms with E-state index in [1.807, 2.05) is 0 Å². The van der Waals surface area contributed by atoms with Crippen LogP contribution >= 0.6 is 0 Å². The van der Waals surface area contributed by atoms with Gasteiger partial charge in [0.2, 0.25) is 16.9 Å². The molecule has 0 amide bonds. The zero-order valence-corrected chi connectivity index (χ0v) is 23.3. The summed E-state index contributed by atoms with van der Waals surface area (Å²) in [6.07, 6.45) is -7.02. The third-order valence-corrected chi connectivity index (χ3v) is 7.46. The lowest BCUT2D eigenvalue weighted by Crippen LogP contribution is -2.57. The van der Waals surface area contributed by atoms with Gasteiger partial charge in [-0.2, -0.15) is 0 Å². The lowest BCUT2D eigenvalue weighted by Gasteiger charge is -2.41. The van der Waals surface area contributed by atoms with E-state index in [1.165, 1.54) is 13.2 Å². The standard InChI is InChI=1S/C30H28O15/c1-42-27-18(36)5-12(6-19(27)37)30(41)45-28-21(7-13(10-31)23(38)25(28)40)44-29-24(39)22-17(35)8-14(32)9-20(22)43-26(29)11-2-3-15(33)16(34)4-11/h2-6,8-9,13,21,23,25,28,31-38,40H,7,10H2,1H3/t13-,21-,23-,25-,28-/m1/s1. The number of esters is 1. The topological polar surface area (TPSA) is 257 Å². The molecule has 0 spiro atoms. The molecule has 1 aliphatic carbocycles. The Morgan fingerprint density at radius 2 is 1.56 bits per heavy atom.